The largest absolute Gasteiger partial charge is 0.465 e. The molecule has 2 nitrogen and oxygen atoms in total. The molecule has 2 heteroatoms. The standard InChI is InChI=1S/C18H16O2/c1-20-18(19)16-10-8-14-7-9-15(17(14)12-16)11-13-5-3-2-4-6-13/h2-6,8-10,12H,7,11H2,1H3. The first kappa shape index (κ1) is 12.7. The molecule has 0 radical (unpaired) electrons. The fourth-order valence-corrected chi connectivity index (χ4v) is 2.62. The van der Waals surface area contributed by atoms with Crippen molar-refractivity contribution >= 4 is 11.5 Å². The van der Waals surface area contributed by atoms with Crippen LogP contribution in [0.15, 0.2) is 54.6 Å². The minimum atomic E-state index is -0.279. The molecular weight excluding hydrogens is 248 g/mol. The number of carbonyl (C=O) groups is 1. The van der Waals surface area contributed by atoms with Crippen LogP contribution in [0, 0.1) is 0 Å². The molecule has 1 aliphatic rings. The number of methoxy groups -OCH3 is 1. The molecular formula is C18H16O2. The zero-order valence-electron chi connectivity index (χ0n) is 11.4. The average Bonchev–Trinajstić information content (AvgIpc) is 2.90. The number of hydrogen-bond acceptors (Lipinski definition) is 2. The molecule has 0 fully saturated rings. The van der Waals surface area contributed by atoms with Crippen molar-refractivity contribution in [2.24, 2.45) is 0 Å². The third-order valence-corrected chi connectivity index (χ3v) is 3.68. The van der Waals surface area contributed by atoms with E-state index >= 15 is 0 Å². The van der Waals surface area contributed by atoms with E-state index in [0.29, 0.717) is 5.56 Å². The molecule has 2 aromatic rings. The van der Waals surface area contributed by atoms with Gasteiger partial charge in [0.25, 0.3) is 0 Å². The second-order valence-electron chi connectivity index (χ2n) is 4.96. The van der Waals surface area contributed by atoms with Gasteiger partial charge in [0.2, 0.25) is 0 Å². The van der Waals surface area contributed by atoms with E-state index in [4.69, 9.17) is 4.74 Å². The molecule has 0 heterocycles. The topological polar surface area (TPSA) is 26.3 Å². The number of ether oxygens (including phenoxy) is 1. The quantitative estimate of drug-likeness (QED) is 0.791. The van der Waals surface area contributed by atoms with Crippen LogP contribution in [0.4, 0.5) is 0 Å². The van der Waals surface area contributed by atoms with Gasteiger partial charge in [-0.15, -0.1) is 0 Å². The first-order valence-electron chi connectivity index (χ1n) is 6.72. The monoisotopic (exact) mass is 264 g/mol. The van der Waals surface area contributed by atoms with Crippen molar-refractivity contribution in [2.75, 3.05) is 7.11 Å². The minimum Gasteiger partial charge on any atom is -0.465 e. The fraction of sp³-hybridized carbons (Fsp3) is 0.167. The average molecular weight is 264 g/mol. The van der Waals surface area contributed by atoms with Gasteiger partial charge in [-0.2, -0.15) is 0 Å². The van der Waals surface area contributed by atoms with Crippen LogP contribution in [0.25, 0.3) is 5.57 Å². The maximum absolute atomic E-state index is 11.6. The number of benzene rings is 2. The predicted octanol–water partition coefficient (Wildman–Crippen LogP) is 3.66. The van der Waals surface area contributed by atoms with E-state index in [0.717, 1.165) is 12.8 Å². The van der Waals surface area contributed by atoms with Gasteiger partial charge in [0.05, 0.1) is 12.7 Å². The molecule has 100 valence electrons. The summed E-state index contributed by atoms with van der Waals surface area (Å²) in [5.41, 5.74) is 5.65. The third kappa shape index (κ3) is 2.37. The van der Waals surface area contributed by atoms with E-state index in [1.165, 1.54) is 29.4 Å². The molecule has 0 saturated heterocycles. The van der Waals surface area contributed by atoms with Gasteiger partial charge in [-0.3, -0.25) is 0 Å². The molecule has 0 bridgehead atoms. The van der Waals surface area contributed by atoms with Crippen molar-refractivity contribution in [1.82, 2.24) is 0 Å². The van der Waals surface area contributed by atoms with Crippen molar-refractivity contribution in [3.63, 3.8) is 0 Å². The van der Waals surface area contributed by atoms with Crippen molar-refractivity contribution in [2.45, 2.75) is 12.8 Å². The van der Waals surface area contributed by atoms with Crippen LogP contribution in [-0.2, 0) is 17.6 Å². The summed E-state index contributed by atoms with van der Waals surface area (Å²) in [7, 11) is 1.41. The fourth-order valence-electron chi connectivity index (χ4n) is 2.62. The van der Waals surface area contributed by atoms with Gasteiger partial charge in [-0.25, -0.2) is 4.79 Å². The lowest BCUT2D eigenvalue weighted by Crippen LogP contribution is -2.02. The number of fused-ring (bicyclic) bond motifs is 1. The summed E-state index contributed by atoms with van der Waals surface area (Å²) in [5.74, 6) is -0.279. The Hall–Kier alpha value is -2.35. The molecule has 0 unspecified atom stereocenters. The highest BCUT2D eigenvalue weighted by molar-refractivity contribution is 5.91. The Labute approximate surface area is 118 Å². The van der Waals surface area contributed by atoms with Gasteiger partial charge in [-0.1, -0.05) is 42.5 Å². The van der Waals surface area contributed by atoms with E-state index in [-0.39, 0.29) is 5.97 Å². The summed E-state index contributed by atoms with van der Waals surface area (Å²) in [6.07, 6.45) is 4.09. The number of hydrogen-bond donors (Lipinski definition) is 0. The van der Waals surface area contributed by atoms with Gasteiger partial charge >= 0.3 is 5.97 Å². The first-order valence-corrected chi connectivity index (χ1v) is 6.72. The summed E-state index contributed by atoms with van der Waals surface area (Å²) < 4.78 is 4.79. The molecule has 0 saturated carbocycles. The highest BCUT2D eigenvalue weighted by Crippen LogP contribution is 2.31. The molecule has 20 heavy (non-hydrogen) atoms. The lowest BCUT2D eigenvalue weighted by Gasteiger charge is -2.08. The number of allylic oxidation sites excluding steroid dienone is 2. The van der Waals surface area contributed by atoms with Crippen molar-refractivity contribution in [3.8, 4) is 0 Å². The van der Waals surface area contributed by atoms with Crippen LogP contribution in [0.1, 0.15) is 27.0 Å². The van der Waals surface area contributed by atoms with Crippen molar-refractivity contribution < 1.29 is 9.53 Å². The highest BCUT2D eigenvalue weighted by atomic mass is 16.5. The van der Waals surface area contributed by atoms with E-state index in [2.05, 4.69) is 30.3 Å². The molecule has 3 rings (SSSR count). The molecule has 0 aliphatic heterocycles. The van der Waals surface area contributed by atoms with E-state index in [9.17, 15) is 4.79 Å². The molecule has 1 aliphatic carbocycles. The summed E-state index contributed by atoms with van der Waals surface area (Å²) in [5, 5.41) is 0. The van der Waals surface area contributed by atoms with Crippen LogP contribution in [0.3, 0.4) is 0 Å². The summed E-state index contributed by atoms with van der Waals surface area (Å²) in [6.45, 7) is 0. The molecule has 0 atom stereocenters. The van der Waals surface area contributed by atoms with Gasteiger partial charge in [0.15, 0.2) is 0 Å². The SMILES string of the molecule is COC(=O)c1ccc2c(c1)C(Cc1ccccc1)=CC2. The Bertz CT molecular complexity index is 669. The van der Waals surface area contributed by atoms with Crippen LogP contribution in [-0.4, -0.2) is 13.1 Å². The second kappa shape index (κ2) is 5.33. The Morgan fingerprint density at radius 1 is 1.15 bits per heavy atom. The van der Waals surface area contributed by atoms with Crippen LogP contribution in [0.2, 0.25) is 0 Å². The summed E-state index contributed by atoms with van der Waals surface area (Å²) >= 11 is 0. The first-order chi connectivity index (χ1) is 9.78. The third-order valence-electron chi connectivity index (χ3n) is 3.68. The van der Waals surface area contributed by atoms with E-state index in [1.54, 1.807) is 0 Å². The lowest BCUT2D eigenvalue weighted by molar-refractivity contribution is 0.0600. The van der Waals surface area contributed by atoms with Gasteiger partial charge in [-0.05, 0) is 47.2 Å². The highest BCUT2D eigenvalue weighted by Gasteiger charge is 2.17. The normalized spacial score (nSPS) is 12.8. The predicted molar refractivity (Wildman–Crippen MR) is 79.6 cm³/mol. The van der Waals surface area contributed by atoms with Crippen LogP contribution >= 0.6 is 0 Å². The molecule has 0 N–H and O–H groups in total. The van der Waals surface area contributed by atoms with Gasteiger partial charge in [0.1, 0.15) is 0 Å². The number of carbonyl (C=O) groups excluding carboxylic acids is 1. The minimum absolute atomic E-state index is 0.279. The Kier molecular flexibility index (Phi) is 3.38. The maximum Gasteiger partial charge on any atom is 0.337 e. The van der Waals surface area contributed by atoms with Crippen LogP contribution < -0.4 is 0 Å². The summed E-state index contributed by atoms with van der Waals surface area (Å²) in [4.78, 5) is 11.6. The maximum atomic E-state index is 11.6. The smallest absolute Gasteiger partial charge is 0.337 e. The Morgan fingerprint density at radius 2 is 1.95 bits per heavy atom. The molecule has 2 aromatic carbocycles. The molecule has 0 spiro atoms. The lowest BCUT2D eigenvalue weighted by atomic mass is 9.97. The van der Waals surface area contributed by atoms with Crippen molar-refractivity contribution in [3.05, 3.63) is 76.9 Å². The van der Waals surface area contributed by atoms with Gasteiger partial charge in [0, 0.05) is 0 Å². The summed E-state index contributed by atoms with van der Waals surface area (Å²) in [6, 6.07) is 16.2. The molecule has 0 amide bonds. The van der Waals surface area contributed by atoms with Gasteiger partial charge < -0.3 is 4.74 Å². The van der Waals surface area contributed by atoms with E-state index < -0.39 is 0 Å². The zero-order chi connectivity index (χ0) is 13.9. The van der Waals surface area contributed by atoms with Crippen molar-refractivity contribution in [1.29, 1.82) is 0 Å². The Balaban J connectivity index is 1.90. The number of rotatable bonds is 3. The Morgan fingerprint density at radius 3 is 2.70 bits per heavy atom. The van der Waals surface area contributed by atoms with Crippen LogP contribution in [0.5, 0.6) is 0 Å². The van der Waals surface area contributed by atoms with E-state index in [1.807, 2.05) is 24.3 Å². The zero-order valence-corrected chi connectivity index (χ0v) is 11.4. The second-order valence-corrected chi connectivity index (χ2v) is 4.96. The number of esters is 1. The molecule has 0 aromatic heterocycles.